The normalized spacial score (nSPS) is 14.1. The highest BCUT2D eigenvalue weighted by atomic mass is 32.2. The molecule has 1 aliphatic heterocycles. The smallest absolute Gasteiger partial charge is 0.283 e. The lowest BCUT2D eigenvalue weighted by Crippen LogP contribution is -2.36. The number of carbonyl (C=O) groups is 1. The summed E-state index contributed by atoms with van der Waals surface area (Å²) < 4.78 is 40.9. The molecule has 1 aliphatic rings. The molecule has 0 radical (unpaired) electrons. The van der Waals surface area contributed by atoms with E-state index in [1.165, 1.54) is 19.2 Å². The highest BCUT2D eigenvalue weighted by Crippen LogP contribution is 2.29. The predicted octanol–water partition coefficient (Wildman–Crippen LogP) is 2.38. The molecule has 0 bridgehead atoms. The summed E-state index contributed by atoms with van der Waals surface area (Å²) in [6.07, 6.45) is 3.47. The first-order valence-corrected chi connectivity index (χ1v) is 12.4. The Kier molecular flexibility index (Phi) is 6.10. The average Bonchev–Trinajstić information content (AvgIpc) is 3.43. The number of nitrogens with zero attached hydrogens (tertiary/aromatic N) is 4. The number of fused-ring (bicyclic) bond motifs is 1. The summed E-state index contributed by atoms with van der Waals surface area (Å²) in [4.78, 5) is 19.2. The van der Waals surface area contributed by atoms with Crippen LogP contribution in [-0.2, 0) is 14.8 Å². The lowest BCUT2D eigenvalue weighted by atomic mass is 10.1. The molecular weight excluding hydrogens is 470 g/mol. The number of sulfonamides is 1. The average molecular weight is 494 g/mol. The highest BCUT2D eigenvalue weighted by Gasteiger charge is 2.25. The standard InChI is InChI=1S/C24H23N5O5S/c1-33-22-9-6-17(28-12-14-34-15-13-28)16-23(22)35(31,32)27-24(30)20-8-7-18-19(26-20)4-2-5-21(18)29-11-3-10-25-29/h2-11,16H,12-15H2,1H3,(H,27,30). The Bertz CT molecular complexity index is 1480. The number of nitrogens with one attached hydrogen (secondary N) is 1. The SMILES string of the molecule is COc1ccc(N2CCOCC2)cc1S(=O)(=O)NC(=O)c1ccc2c(-n3cccn3)cccc2n1. The Labute approximate surface area is 202 Å². The molecule has 0 unspecified atom stereocenters. The third-order valence-corrected chi connectivity index (χ3v) is 7.08. The maximum absolute atomic E-state index is 13.2. The number of morpholine rings is 1. The number of ether oxygens (including phenoxy) is 2. The number of amides is 1. The molecule has 1 N–H and O–H groups in total. The number of methoxy groups -OCH3 is 1. The number of hydrogen-bond acceptors (Lipinski definition) is 8. The molecule has 0 aliphatic carbocycles. The van der Waals surface area contributed by atoms with E-state index >= 15 is 0 Å². The summed E-state index contributed by atoms with van der Waals surface area (Å²) in [6, 6.07) is 15.3. The number of aromatic nitrogens is 3. The predicted molar refractivity (Wildman–Crippen MR) is 130 cm³/mol. The molecule has 1 amide bonds. The van der Waals surface area contributed by atoms with E-state index in [9.17, 15) is 13.2 Å². The Balaban J connectivity index is 1.44. The summed E-state index contributed by atoms with van der Waals surface area (Å²) in [5.74, 6) is -0.701. The van der Waals surface area contributed by atoms with Gasteiger partial charge in [-0.05, 0) is 48.5 Å². The van der Waals surface area contributed by atoms with Gasteiger partial charge in [-0.2, -0.15) is 5.10 Å². The van der Waals surface area contributed by atoms with Crippen molar-refractivity contribution in [2.45, 2.75) is 4.90 Å². The van der Waals surface area contributed by atoms with Crippen molar-refractivity contribution in [3.05, 3.63) is 72.7 Å². The van der Waals surface area contributed by atoms with Crippen LogP contribution in [-0.4, -0.2) is 62.5 Å². The molecular formula is C24H23N5O5S. The largest absolute Gasteiger partial charge is 0.495 e. The van der Waals surface area contributed by atoms with Gasteiger partial charge in [0, 0.05) is 36.6 Å². The summed E-state index contributed by atoms with van der Waals surface area (Å²) in [5.41, 5.74) is 2.01. The van der Waals surface area contributed by atoms with Crippen molar-refractivity contribution in [1.82, 2.24) is 19.5 Å². The zero-order chi connectivity index (χ0) is 24.4. The first-order chi connectivity index (χ1) is 17.0. The molecule has 1 saturated heterocycles. The first kappa shape index (κ1) is 22.8. The number of anilines is 1. The topological polar surface area (TPSA) is 116 Å². The zero-order valence-electron chi connectivity index (χ0n) is 18.9. The van der Waals surface area contributed by atoms with Crippen LogP contribution in [0.3, 0.4) is 0 Å². The van der Waals surface area contributed by atoms with Gasteiger partial charge < -0.3 is 14.4 Å². The molecule has 5 rings (SSSR count). The van der Waals surface area contributed by atoms with E-state index in [0.29, 0.717) is 37.5 Å². The van der Waals surface area contributed by atoms with E-state index in [4.69, 9.17) is 9.47 Å². The number of hydrogen-bond donors (Lipinski definition) is 1. The molecule has 1 fully saturated rings. The molecule has 0 spiro atoms. The zero-order valence-corrected chi connectivity index (χ0v) is 19.7. The second kappa shape index (κ2) is 9.35. The van der Waals surface area contributed by atoms with Crippen LogP contribution < -0.4 is 14.4 Å². The van der Waals surface area contributed by atoms with E-state index < -0.39 is 15.9 Å². The number of carbonyl (C=O) groups excluding carboxylic acids is 1. The van der Waals surface area contributed by atoms with Gasteiger partial charge in [0.1, 0.15) is 16.3 Å². The van der Waals surface area contributed by atoms with E-state index in [0.717, 1.165) is 11.1 Å². The molecule has 4 aromatic rings. The second-order valence-corrected chi connectivity index (χ2v) is 9.51. The summed E-state index contributed by atoms with van der Waals surface area (Å²) in [5, 5.41) is 5.01. The van der Waals surface area contributed by atoms with Gasteiger partial charge in [-0.25, -0.2) is 22.8 Å². The van der Waals surface area contributed by atoms with Gasteiger partial charge in [0.2, 0.25) is 0 Å². The molecule has 11 heteroatoms. The van der Waals surface area contributed by atoms with Crippen molar-refractivity contribution in [3.63, 3.8) is 0 Å². The van der Waals surface area contributed by atoms with E-state index in [-0.39, 0.29) is 16.3 Å². The molecule has 0 saturated carbocycles. The minimum Gasteiger partial charge on any atom is -0.495 e. The quantitative estimate of drug-likeness (QED) is 0.435. The van der Waals surface area contributed by atoms with Gasteiger partial charge >= 0.3 is 0 Å². The van der Waals surface area contributed by atoms with Gasteiger partial charge in [-0.15, -0.1) is 0 Å². The molecule has 2 aromatic carbocycles. The van der Waals surface area contributed by atoms with Crippen molar-refractivity contribution >= 4 is 32.5 Å². The number of rotatable bonds is 6. The van der Waals surface area contributed by atoms with E-state index in [1.54, 1.807) is 53.5 Å². The maximum atomic E-state index is 13.2. The monoisotopic (exact) mass is 493 g/mol. The molecule has 3 heterocycles. The van der Waals surface area contributed by atoms with Crippen LogP contribution in [0.1, 0.15) is 10.5 Å². The fourth-order valence-corrected chi connectivity index (χ4v) is 5.15. The van der Waals surface area contributed by atoms with Crippen molar-refractivity contribution in [2.24, 2.45) is 0 Å². The Morgan fingerprint density at radius 2 is 1.91 bits per heavy atom. The fourth-order valence-electron chi connectivity index (χ4n) is 4.00. The minimum absolute atomic E-state index is 0.0259. The van der Waals surface area contributed by atoms with Gasteiger partial charge in [0.15, 0.2) is 0 Å². The van der Waals surface area contributed by atoms with Crippen LogP contribution in [0.25, 0.3) is 16.6 Å². The van der Waals surface area contributed by atoms with Crippen molar-refractivity contribution in [1.29, 1.82) is 0 Å². The fraction of sp³-hybridized carbons (Fsp3) is 0.208. The Morgan fingerprint density at radius 3 is 2.66 bits per heavy atom. The molecule has 2 aromatic heterocycles. The Hall–Kier alpha value is -3.96. The summed E-state index contributed by atoms with van der Waals surface area (Å²) >= 11 is 0. The summed E-state index contributed by atoms with van der Waals surface area (Å²) in [7, 11) is -2.86. The second-order valence-electron chi connectivity index (χ2n) is 7.86. The van der Waals surface area contributed by atoms with Crippen LogP contribution in [0.2, 0.25) is 0 Å². The van der Waals surface area contributed by atoms with Crippen LogP contribution in [0.5, 0.6) is 5.75 Å². The number of benzene rings is 2. The van der Waals surface area contributed by atoms with Crippen LogP contribution in [0, 0.1) is 0 Å². The highest BCUT2D eigenvalue weighted by molar-refractivity contribution is 7.90. The number of pyridine rings is 1. The van der Waals surface area contributed by atoms with Gasteiger partial charge in [0.05, 0.1) is 31.5 Å². The minimum atomic E-state index is -4.25. The molecule has 180 valence electrons. The van der Waals surface area contributed by atoms with E-state index in [1.807, 2.05) is 11.0 Å². The molecule has 35 heavy (non-hydrogen) atoms. The third kappa shape index (κ3) is 4.55. The van der Waals surface area contributed by atoms with Crippen molar-refractivity contribution in [3.8, 4) is 11.4 Å². The maximum Gasteiger partial charge on any atom is 0.283 e. The Morgan fingerprint density at radius 1 is 1.09 bits per heavy atom. The van der Waals surface area contributed by atoms with Crippen molar-refractivity contribution in [2.75, 3.05) is 38.3 Å². The lowest BCUT2D eigenvalue weighted by molar-refractivity contribution is 0.0977. The lowest BCUT2D eigenvalue weighted by Gasteiger charge is -2.29. The molecule has 10 nitrogen and oxygen atoms in total. The van der Waals surface area contributed by atoms with E-state index in [2.05, 4.69) is 14.8 Å². The van der Waals surface area contributed by atoms with Crippen LogP contribution in [0.15, 0.2) is 71.9 Å². The van der Waals surface area contributed by atoms with Crippen LogP contribution in [0.4, 0.5) is 5.69 Å². The van der Waals surface area contributed by atoms with Gasteiger partial charge in [-0.1, -0.05) is 6.07 Å². The summed E-state index contributed by atoms with van der Waals surface area (Å²) in [6.45, 7) is 2.39. The third-order valence-electron chi connectivity index (χ3n) is 5.73. The van der Waals surface area contributed by atoms with Gasteiger partial charge in [0.25, 0.3) is 15.9 Å². The molecule has 0 atom stereocenters. The van der Waals surface area contributed by atoms with Gasteiger partial charge in [-0.3, -0.25) is 4.79 Å². The van der Waals surface area contributed by atoms with Crippen molar-refractivity contribution < 1.29 is 22.7 Å². The van der Waals surface area contributed by atoms with Crippen LogP contribution >= 0.6 is 0 Å². The first-order valence-electron chi connectivity index (χ1n) is 10.9.